The van der Waals surface area contributed by atoms with E-state index < -0.39 is 36.9 Å². The summed E-state index contributed by atoms with van der Waals surface area (Å²) in [6.07, 6.45) is 33.4. The lowest BCUT2D eigenvalue weighted by molar-refractivity contribution is -0.132. The predicted octanol–water partition coefficient (Wildman–Crippen LogP) is 7.84. The Kier molecular flexibility index (Phi) is 29.9. The van der Waals surface area contributed by atoms with Gasteiger partial charge in [-0.3, -0.25) is 4.79 Å². The fourth-order valence-corrected chi connectivity index (χ4v) is 5.07. The van der Waals surface area contributed by atoms with Gasteiger partial charge in [0.25, 0.3) is 0 Å². The summed E-state index contributed by atoms with van der Waals surface area (Å²) in [5.41, 5.74) is 0. The van der Waals surface area contributed by atoms with Crippen LogP contribution in [0.1, 0.15) is 155 Å². The first-order valence-corrected chi connectivity index (χ1v) is 17.3. The number of unbranched alkanes of at least 4 members (excludes halogenated alkanes) is 16. The number of aliphatic hydroxyl groups is 4. The molecule has 0 aliphatic carbocycles. The van der Waals surface area contributed by atoms with E-state index in [1.54, 1.807) is 0 Å². The topological polar surface area (TPSA) is 110 Å². The molecule has 0 aromatic rings. The molecule has 0 fully saturated rings. The number of hydrogen-bond acceptors (Lipinski definition) is 5. The highest BCUT2D eigenvalue weighted by Gasteiger charge is 2.28. The molecule has 6 heteroatoms. The number of nitrogens with one attached hydrogen (secondary N) is 1. The highest BCUT2D eigenvalue weighted by Crippen LogP contribution is 2.13. The van der Waals surface area contributed by atoms with Crippen LogP contribution in [0.2, 0.25) is 0 Å². The molecule has 4 atom stereocenters. The molecule has 0 saturated heterocycles. The largest absolute Gasteiger partial charge is 0.394 e. The van der Waals surface area contributed by atoms with Gasteiger partial charge in [0.1, 0.15) is 12.2 Å². The van der Waals surface area contributed by atoms with Crippen LogP contribution in [0.15, 0.2) is 36.5 Å². The van der Waals surface area contributed by atoms with Crippen LogP contribution in [0.3, 0.4) is 0 Å². The molecule has 0 saturated carbocycles. The van der Waals surface area contributed by atoms with Gasteiger partial charge >= 0.3 is 0 Å². The molecule has 0 radical (unpaired) electrons. The molecule has 5 N–H and O–H groups in total. The number of carbonyl (C=O) groups is 1. The standard InChI is InChI=1S/C36H67NO5/c1-3-5-7-9-11-13-14-15-16-17-18-19-20-21-22-24-26-28-30-34(40)36(42)37-32(31-38)35(41)33(39)29-27-25-23-12-10-8-6-4-2/h4,6,12,17-18,23,32-35,38-41H,3,5,7-11,13-16,19-22,24-31H2,1-2H3,(H,37,42)/b6-4+,18-17-,23-12+. The van der Waals surface area contributed by atoms with Crippen molar-refractivity contribution >= 4 is 5.91 Å². The van der Waals surface area contributed by atoms with Gasteiger partial charge in [-0.1, -0.05) is 120 Å². The Hall–Kier alpha value is -1.47. The van der Waals surface area contributed by atoms with Gasteiger partial charge < -0.3 is 25.7 Å². The van der Waals surface area contributed by atoms with Gasteiger partial charge in [-0.2, -0.15) is 0 Å². The zero-order valence-corrected chi connectivity index (χ0v) is 27.2. The Morgan fingerprint density at radius 3 is 1.64 bits per heavy atom. The number of rotatable bonds is 30. The highest BCUT2D eigenvalue weighted by atomic mass is 16.3. The smallest absolute Gasteiger partial charge is 0.249 e. The molecule has 0 aliphatic heterocycles. The third-order valence-corrected chi connectivity index (χ3v) is 7.90. The second-order valence-corrected chi connectivity index (χ2v) is 11.9. The van der Waals surface area contributed by atoms with Gasteiger partial charge in [0.2, 0.25) is 5.91 Å². The van der Waals surface area contributed by atoms with Crippen LogP contribution >= 0.6 is 0 Å². The van der Waals surface area contributed by atoms with E-state index in [1.807, 2.05) is 13.0 Å². The van der Waals surface area contributed by atoms with E-state index in [-0.39, 0.29) is 0 Å². The minimum Gasteiger partial charge on any atom is -0.394 e. The van der Waals surface area contributed by atoms with E-state index in [2.05, 4.69) is 42.6 Å². The van der Waals surface area contributed by atoms with Crippen LogP contribution in [0.5, 0.6) is 0 Å². The highest BCUT2D eigenvalue weighted by molar-refractivity contribution is 5.80. The Morgan fingerprint density at radius 1 is 0.619 bits per heavy atom. The van der Waals surface area contributed by atoms with Crippen molar-refractivity contribution in [2.75, 3.05) is 6.61 Å². The van der Waals surface area contributed by atoms with Gasteiger partial charge in [0.05, 0.1) is 18.8 Å². The van der Waals surface area contributed by atoms with Crippen molar-refractivity contribution in [1.82, 2.24) is 5.32 Å². The molecule has 0 aromatic heterocycles. The average Bonchev–Trinajstić information content (AvgIpc) is 2.99. The minimum atomic E-state index is -1.29. The van der Waals surface area contributed by atoms with Gasteiger partial charge in [-0.05, 0) is 71.1 Å². The lowest BCUT2D eigenvalue weighted by atomic mass is 10.00. The molecule has 42 heavy (non-hydrogen) atoms. The molecule has 0 bridgehead atoms. The lowest BCUT2D eigenvalue weighted by Gasteiger charge is -2.27. The van der Waals surface area contributed by atoms with E-state index in [4.69, 9.17) is 0 Å². The third-order valence-electron chi connectivity index (χ3n) is 7.90. The van der Waals surface area contributed by atoms with Crippen molar-refractivity contribution in [3.05, 3.63) is 36.5 Å². The van der Waals surface area contributed by atoms with Crippen LogP contribution in [0, 0.1) is 0 Å². The number of amides is 1. The zero-order chi connectivity index (χ0) is 31.1. The molecule has 0 aliphatic rings. The molecule has 0 aromatic carbocycles. The van der Waals surface area contributed by atoms with Gasteiger partial charge in [-0.25, -0.2) is 0 Å². The number of aliphatic hydroxyl groups excluding tert-OH is 4. The summed E-state index contributed by atoms with van der Waals surface area (Å²) in [4.78, 5) is 12.4. The molecule has 6 nitrogen and oxygen atoms in total. The number of hydrogen-bond donors (Lipinski definition) is 5. The monoisotopic (exact) mass is 594 g/mol. The van der Waals surface area contributed by atoms with E-state index >= 15 is 0 Å². The summed E-state index contributed by atoms with van der Waals surface area (Å²) >= 11 is 0. The molecule has 4 unspecified atom stereocenters. The molecular weight excluding hydrogens is 526 g/mol. The first-order valence-electron chi connectivity index (χ1n) is 17.3. The maximum atomic E-state index is 12.4. The third kappa shape index (κ3) is 25.1. The van der Waals surface area contributed by atoms with Gasteiger partial charge in [0, 0.05) is 0 Å². The fraction of sp³-hybridized carbons (Fsp3) is 0.806. The molecule has 1 amide bonds. The Balaban J connectivity index is 3.83. The summed E-state index contributed by atoms with van der Waals surface area (Å²) in [6, 6.07) is -1.01. The lowest BCUT2D eigenvalue weighted by Crippen LogP contribution is -2.53. The first kappa shape index (κ1) is 40.5. The second kappa shape index (κ2) is 31.0. The Morgan fingerprint density at radius 2 is 1.10 bits per heavy atom. The summed E-state index contributed by atoms with van der Waals surface area (Å²) in [6.45, 7) is 3.76. The number of carbonyl (C=O) groups excluding carboxylic acids is 1. The molecule has 0 heterocycles. The molecular formula is C36H67NO5. The maximum Gasteiger partial charge on any atom is 0.249 e. The minimum absolute atomic E-state index is 0.352. The van der Waals surface area contributed by atoms with E-state index in [1.165, 1.54) is 70.6 Å². The summed E-state index contributed by atoms with van der Waals surface area (Å²) < 4.78 is 0. The zero-order valence-electron chi connectivity index (χ0n) is 27.2. The van der Waals surface area contributed by atoms with Crippen molar-refractivity contribution in [1.29, 1.82) is 0 Å². The molecule has 246 valence electrons. The van der Waals surface area contributed by atoms with Crippen LogP contribution in [0.25, 0.3) is 0 Å². The Labute approximate surface area is 258 Å². The normalized spacial score (nSPS) is 15.1. The molecule has 0 spiro atoms. The Bertz CT molecular complexity index is 678. The van der Waals surface area contributed by atoms with Crippen LogP contribution < -0.4 is 5.32 Å². The average molecular weight is 594 g/mol. The summed E-state index contributed by atoms with van der Waals surface area (Å²) in [5, 5.41) is 43.1. The van der Waals surface area contributed by atoms with Gasteiger partial charge in [0.15, 0.2) is 0 Å². The van der Waals surface area contributed by atoms with Crippen LogP contribution in [-0.2, 0) is 4.79 Å². The van der Waals surface area contributed by atoms with Crippen molar-refractivity contribution < 1.29 is 25.2 Å². The summed E-state index contributed by atoms with van der Waals surface area (Å²) in [7, 11) is 0. The van der Waals surface area contributed by atoms with E-state index in [9.17, 15) is 25.2 Å². The predicted molar refractivity (Wildman–Crippen MR) is 177 cm³/mol. The quantitative estimate of drug-likeness (QED) is 0.0431. The van der Waals surface area contributed by atoms with E-state index in [0.717, 1.165) is 51.4 Å². The first-order chi connectivity index (χ1) is 20.5. The number of allylic oxidation sites excluding steroid dienone is 6. The second-order valence-electron chi connectivity index (χ2n) is 11.9. The van der Waals surface area contributed by atoms with Crippen LogP contribution in [0.4, 0.5) is 0 Å². The van der Waals surface area contributed by atoms with E-state index in [0.29, 0.717) is 19.3 Å². The van der Waals surface area contributed by atoms with Crippen molar-refractivity contribution in [3.8, 4) is 0 Å². The van der Waals surface area contributed by atoms with Crippen molar-refractivity contribution in [3.63, 3.8) is 0 Å². The van der Waals surface area contributed by atoms with Gasteiger partial charge in [-0.15, -0.1) is 0 Å². The maximum absolute atomic E-state index is 12.4. The SMILES string of the molecule is C/C=C/CC/C=C/CCCC(O)C(O)C(CO)NC(=O)C(O)CCCCCCCC/C=C\CCCCCCCCCC. The van der Waals surface area contributed by atoms with Crippen LogP contribution in [-0.4, -0.2) is 57.3 Å². The molecule has 0 rings (SSSR count). The summed E-state index contributed by atoms with van der Waals surface area (Å²) in [5.74, 6) is -0.608. The van der Waals surface area contributed by atoms with Crippen molar-refractivity contribution in [2.24, 2.45) is 0 Å². The van der Waals surface area contributed by atoms with Crippen molar-refractivity contribution in [2.45, 2.75) is 179 Å². The fourth-order valence-electron chi connectivity index (χ4n) is 5.07.